The van der Waals surface area contributed by atoms with Gasteiger partial charge in [0, 0.05) is 54.7 Å². The second-order valence-electron chi connectivity index (χ2n) is 7.34. The molecule has 2 N–H and O–H groups in total. The summed E-state index contributed by atoms with van der Waals surface area (Å²) >= 11 is 0. The zero-order chi connectivity index (χ0) is 19.5. The molecule has 0 aliphatic carbocycles. The predicted molar refractivity (Wildman–Crippen MR) is 109 cm³/mol. The number of fused-ring (bicyclic) bond motifs is 1. The Morgan fingerprint density at radius 2 is 1.83 bits per heavy atom. The lowest BCUT2D eigenvalue weighted by atomic mass is 9.96. The van der Waals surface area contributed by atoms with Crippen molar-refractivity contribution >= 4 is 39.4 Å². The molecule has 0 bridgehead atoms. The predicted octanol–water partition coefficient (Wildman–Crippen LogP) is 1.96. The molecular formula is C22H17N5O2. The van der Waals surface area contributed by atoms with Gasteiger partial charge in [0.2, 0.25) is 0 Å². The van der Waals surface area contributed by atoms with Crippen molar-refractivity contribution < 1.29 is 9.59 Å². The highest BCUT2D eigenvalue weighted by Gasteiger charge is 2.35. The average molecular weight is 383 g/mol. The van der Waals surface area contributed by atoms with E-state index in [1.807, 2.05) is 36.5 Å². The highest BCUT2D eigenvalue weighted by molar-refractivity contribution is 6.50. The number of aromatic nitrogens is 3. The molecule has 1 aromatic carbocycles. The Labute approximate surface area is 165 Å². The van der Waals surface area contributed by atoms with E-state index in [-0.39, 0.29) is 11.8 Å². The lowest BCUT2D eigenvalue weighted by Gasteiger charge is -2.05. The normalized spacial score (nSPS) is 16.7. The molecule has 0 unspecified atom stereocenters. The van der Waals surface area contributed by atoms with Crippen LogP contribution in [0.25, 0.3) is 27.6 Å². The topological polar surface area (TPSA) is 80.4 Å². The number of carbonyl (C=O) groups excluding carboxylic acids is 2. The molecule has 0 atom stereocenters. The summed E-state index contributed by atoms with van der Waals surface area (Å²) in [6.07, 6.45) is 5.50. The van der Waals surface area contributed by atoms with Crippen molar-refractivity contribution in [3.8, 4) is 0 Å². The number of imide groups is 1. The molecule has 3 aromatic heterocycles. The van der Waals surface area contributed by atoms with E-state index in [4.69, 9.17) is 0 Å². The molecule has 29 heavy (non-hydrogen) atoms. The van der Waals surface area contributed by atoms with Crippen LogP contribution in [0.3, 0.4) is 0 Å². The van der Waals surface area contributed by atoms with Crippen LogP contribution in [0.1, 0.15) is 16.7 Å². The molecule has 2 aliphatic heterocycles. The Balaban J connectivity index is 1.68. The summed E-state index contributed by atoms with van der Waals surface area (Å²) in [7, 11) is 0. The van der Waals surface area contributed by atoms with Crippen LogP contribution in [-0.4, -0.2) is 32.5 Å². The number of carbonyl (C=O) groups is 2. The Morgan fingerprint density at radius 1 is 0.966 bits per heavy atom. The zero-order valence-electron chi connectivity index (χ0n) is 15.5. The Hall–Kier alpha value is -3.71. The van der Waals surface area contributed by atoms with Gasteiger partial charge in [0.1, 0.15) is 0 Å². The lowest BCUT2D eigenvalue weighted by Crippen LogP contribution is -2.22. The van der Waals surface area contributed by atoms with Crippen LogP contribution in [0.15, 0.2) is 55.0 Å². The minimum absolute atomic E-state index is 0.354. The molecule has 7 nitrogen and oxygen atoms in total. The van der Waals surface area contributed by atoms with Crippen molar-refractivity contribution in [3.05, 3.63) is 71.7 Å². The van der Waals surface area contributed by atoms with E-state index in [1.54, 1.807) is 16.9 Å². The third-order valence-corrected chi connectivity index (χ3v) is 5.73. The van der Waals surface area contributed by atoms with E-state index in [0.717, 1.165) is 41.6 Å². The number of nitrogens with one attached hydrogen (secondary N) is 2. The quantitative estimate of drug-likeness (QED) is 0.519. The maximum absolute atomic E-state index is 12.9. The smallest absolute Gasteiger partial charge is 0.259 e. The summed E-state index contributed by atoms with van der Waals surface area (Å²) < 4.78 is 3.89. The fourth-order valence-electron chi connectivity index (χ4n) is 4.50. The van der Waals surface area contributed by atoms with Gasteiger partial charge in [-0.3, -0.25) is 14.9 Å². The van der Waals surface area contributed by atoms with Crippen molar-refractivity contribution in [3.63, 3.8) is 0 Å². The number of hydrogen-bond acceptors (Lipinski definition) is 4. The molecule has 5 heterocycles. The third kappa shape index (κ3) is 2.25. The molecular weight excluding hydrogens is 366 g/mol. The van der Waals surface area contributed by atoms with E-state index in [9.17, 15) is 9.59 Å². The van der Waals surface area contributed by atoms with Crippen molar-refractivity contribution in [2.75, 3.05) is 6.54 Å². The van der Waals surface area contributed by atoms with E-state index in [2.05, 4.69) is 26.4 Å². The largest absolute Gasteiger partial charge is 0.345 e. The molecule has 0 radical (unpaired) electrons. The fourth-order valence-corrected chi connectivity index (χ4v) is 4.50. The summed E-state index contributed by atoms with van der Waals surface area (Å²) in [6.45, 7) is 2.45. The summed E-state index contributed by atoms with van der Waals surface area (Å²) in [6, 6.07) is 11.7. The Bertz CT molecular complexity index is 1370. The van der Waals surface area contributed by atoms with Crippen LogP contribution in [0.2, 0.25) is 0 Å². The van der Waals surface area contributed by atoms with Gasteiger partial charge in [-0.1, -0.05) is 18.2 Å². The van der Waals surface area contributed by atoms with E-state index < -0.39 is 0 Å². The minimum atomic E-state index is -0.368. The second-order valence-corrected chi connectivity index (χ2v) is 7.34. The first-order valence-corrected chi connectivity index (χ1v) is 9.57. The maximum Gasteiger partial charge on any atom is 0.259 e. The van der Waals surface area contributed by atoms with Gasteiger partial charge in [0.15, 0.2) is 0 Å². The molecule has 0 fully saturated rings. The molecule has 2 amide bonds. The number of amides is 2. The second kappa shape index (κ2) is 5.89. The van der Waals surface area contributed by atoms with E-state index >= 15 is 0 Å². The summed E-state index contributed by atoms with van der Waals surface area (Å²) in [5, 5.41) is 11.2. The molecule has 0 spiro atoms. The highest BCUT2D eigenvalue weighted by atomic mass is 16.2. The van der Waals surface area contributed by atoms with Crippen LogP contribution in [-0.2, 0) is 22.7 Å². The van der Waals surface area contributed by atoms with E-state index in [0.29, 0.717) is 16.7 Å². The molecule has 0 saturated carbocycles. The van der Waals surface area contributed by atoms with Gasteiger partial charge in [0.05, 0.1) is 22.2 Å². The van der Waals surface area contributed by atoms with E-state index in [1.165, 1.54) is 5.56 Å². The highest BCUT2D eigenvalue weighted by Crippen LogP contribution is 2.38. The third-order valence-electron chi connectivity index (χ3n) is 5.73. The monoisotopic (exact) mass is 383 g/mol. The first kappa shape index (κ1) is 16.3. The molecule has 4 aromatic rings. The zero-order valence-corrected chi connectivity index (χ0v) is 15.5. The minimum Gasteiger partial charge on any atom is -0.345 e. The van der Waals surface area contributed by atoms with Crippen LogP contribution in [0.5, 0.6) is 0 Å². The van der Waals surface area contributed by atoms with Crippen molar-refractivity contribution in [1.82, 2.24) is 24.8 Å². The van der Waals surface area contributed by atoms with Gasteiger partial charge in [-0.05, 0) is 23.8 Å². The van der Waals surface area contributed by atoms with Crippen molar-refractivity contribution in [2.24, 2.45) is 0 Å². The molecule has 142 valence electrons. The van der Waals surface area contributed by atoms with Gasteiger partial charge < -0.3 is 9.88 Å². The summed E-state index contributed by atoms with van der Waals surface area (Å²) in [5.41, 5.74) is 5.45. The standard InChI is InChI=1S/C22H17N5O2/c28-21-18(15-6-9-27-17(15)5-2-7-24-27)19(22(29)25-21)16-12-26-10-8-23-11-13-3-1-4-14(16)20(13)26/h1-7,9,12,23H,8,10-11H2,(H,25,28,29). The molecule has 0 saturated heterocycles. The number of rotatable bonds is 2. The SMILES string of the molecule is O=C1NC(=O)C(c2ccn3ncccc23)=C1c1cn2c3c(cccc13)CNCC2. The van der Waals surface area contributed by atoms with Crippen LogP contribution >= 0.6 is 0 Å². The molecule has 6 rings (SSSR count). The first-order chi connectivity index (χ1) is 14.2. The number of hydrogen-bond donors (Lipinski definition) is 2. The van der Waals surface area contributed by atoms with Gasteiger partial charge in [0.25, 0.3) is 11.8 Å². The van der Waals surface area contributed by atoms with Crippen LogP contribution < -0.4 is 10.6 Å². The van der Waals surface area contributed by atoms with Gasteiger partial charge in [-0.25, -0.2) is 4.52 Å². The number of nitrogens with zero attached hydrogens (tertiary/aromatic N) is 3. The van der Waals surface area contributed by atoms with Crippen molar-refractivity contribution in [1.29, 1.82) is 0 Å². The average Bonchev–Trinajstić information content (AvgIpc) is 3.33. The lowest BCUT2D eigenvalue weighted by molar-refractivity contribution is -0.122. The maximum atomic E-state index is 12.9. The number of para-hydroxylation sites is 1. The van der Waals surface area contributed by atoms with Gasteiger partial charge in [-0.2, -0.15) is 5.10 Å². The summed E-state index contributed by atoms with van der Waals surface area (Å²) in [4.78, 5) is 25.7. The van der Waals surface area contributed by atoms with Gasteiger partial charge in [-0.15, -0.1) is 0 Å². The van der Waals surface area contributed by atoms with Crippen LogP contribution in [0, 0.1) is 0 Å². The Kier molecular flexibility index (Phi) is 3.30. The van der Waals surface area contributed by atoms with Crippen LogP contribution in [0.4, 0.5) is 0 Å². The molecule has 7 heteroatoms. The Morgan fingerprint density at radius 3 is 2.72 bits per heavy atom. The fraction of sp³-hybridized carbons (Fsp3) is 0.136. The summed E-state index contributed by atoms with van der Waals surface area (Å²) in [5.74, 6) is -0.722. The van der Waals surface area contributed by atoms with Crippen molar-refractivity contribution in [2.45, 2.75) is 13.1 Å². The van der Waals surface area contributed by atoms with Gasteiger partial charge >= 0.3 is 0 Å². The first-order valence-electron chi connectivity index (χ1n) is 9.57. The molecule has 2 aliphatic rings. The number of benzene rings is 1.